The molecule has 18 heavy (non-hydrogen) atoms. The van der Waals surface area contributed by atoms with Gasteiger partial charge < -0.3 is 10.1 Å². The minimum absolute atomic E-state index is 0.149. The Balaban J connectivity index is 2.74. The summed E-state index contributed by atoms with van der Waals surface area (Å²) in [7, 11) is 1.53. The zero-order valence-corrected chi connectivity index (χ0v) is 11.6. The van der Waals surface area contributed by atoms with Crippen molar-refractivity contribution in [3.63, 3.8) is 0 Å². The molecule has 0 aromatic carbocycles. The standard InChI is InChI=1S/C10H14BrN3O4/c1-6(5-18-2)12-8(15)4-14-3-7(11)9(16)13-10(14)17/h3,6H,4-5H2,1-2H3,(H,12,15)(H,13,16,17). The van der Waals surface area contributed by atoms with Gasteiger partial charge in [-0.05, 0) is 22.9 Å². The molecule has 1 unspecified atom stereocenters. The number of nitrogens with zero attached hydrogens (tertiary/aromatic N) is 1. The molecule has 0 spiro atoms. The van der Waals surface area contributed by atoms with Crippen molar-refractivity contribution >= 4 is 21.8 Å². The number of halogens is 1. The van der Waals surface area contributed by atoms with Gasteiger partial charge in [-0.2, -0.15) is 0 Å². The molecule has 7 nitrogen and oxygen atoms in total. The van der Waals surface area contributed by atoms with E-state index in [2.05, 4.69) is 26.2 Å². The SMILES string of the molecule is COCC(C)NC(=O)Cn1cc(Br)c(=O)[nH]c1=O. The van der Waals surface area contributed by atoms with E-state index in [0.717, 1.165) is 4.57 Å². The molecule has 1 amide bonds. The zero-order valence-electron chi connectivity index (χ0n) is 10.0. The van der Waals surface area contributed by atoms with E-state index >= 15 is 0 Å². The fourth-order valence-electron chi connectivity index (χ4n) is 1.37. The third-order valence-corrected chi connectivity index (χ3v) is 2.67. The number of aromatic nitrogens is 2. The van der Waals surface area contributed by atoms with Gasteiger partial charge in [0.2, 0.25) is 5.91 Å². The second-order valence-electron chi connectivity index (χ2n) is 3.79. The molecule has 8 heteroatoms. The van der Waals surface area contributed by atoms with Crippen LogP contribution in [0, 0.1) is 0 Å². The second-order valence-corrected chi connectivity index (χ2v) is 4.64. The minimum Gasteiger partial charge on any atom is -0.383 e. The molecule has 0 radical (unpaired) electrons. The van der Waals surface area contributed by atoms with Gasteiger partial charge in [0.05, 0.1) is 11.1 Å². The van der Waals surface area contributed by atoms with E-state index in [1.54, 1.807) is 6.92 Å². The number of carbonyl (C=O) groups is 1. The molecule has 0 saturated carbocycles. The Kier molecular flexibility index (Phi) is 5.29. The van der Waals surface area contributed by atoms with Crippen LogP contribution in [0.1, 0.15) is 6.92 Å². The van der Waals surface area contributed by atoms with Crippen LogP contribution in [0.4, 0.5) is 0 Å². The maximum absolute atomic E-state index is 11.6. The highest BCUT2D eigenvalue weighted by Gasteiger charge is 2.09. The molecular formula is C10H14BrN3O4. The molecule has 2 N–H and O–H groups in total. The molecule has 1 aromatic rings. The van der Waals surface area contributed by atoms with Gasteiger partial charge in [0.1, 0.15) is 6.54 Å². The number of hydrogen-bond donors (Lipinski definition) is 2. The highest BCUT2D eigenvalue weighted by atomic mass is 79.9. The smallest absolute Gasteiger partial charge is 0.328 e. The summed E-state index contributed by atoms with van der Waals surface area (Å²) < 4.78 is 6.18. The van der Waals surface area contributed by atoms with Gasteiger partial charge >= 0.3 is 5.69 Å². The number of aromatic amines is 1. The van der Waals surface area contributed by atoms with Gasteiger partial charge in [-0.3, -0.25) is 19.1 Å². The topological polar surface area (TPSA) is 93.2 Å². The van der Waals surface area contributed by atoms with Crippen LogP contribution >= 0.6 is 15.9 Å². The molecule has 1 aromatic heterocycles. The second kappa shape index (κ2) is 6.50. The molecule has 0 aliphatic rings. The van der Waals surface area contributed by atoms with Crippen molar-refractivity contribution in [1.29, 1.82) is 0 Å². The van der Waals surface area contributed by atoms with Crippen LogP contribution in [-0.4, -0.2) is 35.2 Å². The first-order valence-corrected chi connectivity index (χ1v) is 6.01. The molecule has 1 atom stereocenters. The van der Waals surface area contributed by atoms with E-state index < -0.39 is 11.2 Å². The summed E-state index contributed by atoms with van der Waals surface area (Å²) in [5, 5.41) is 2.66. The molecular weight excluding hydrogens is 306 g/mol. The fraction of sp³-hybridized carbons (Fsp3) is 0.500. The van der Waals surface area contributed by atoms with E-state index in [1.807, 2.05) is 0 Å². The summed E-state index contributed by atoms with van der Waals surface area (Å²) >= 11 is 2.99. The molecule has 0 fully saturated rings. The molecule has 0 aliphatic heterocycles. The Bertz CT molecular complexity index is 537. The van der Waals surface area contributed by atoms with Crippen LogP contribution in [0.2, 0.25) is 0 Å². The third-order valence-electron chi connectivity index (χ3n) is 2.11. The van der Waals surface area contributed by atoms with Gasteiger partial charge in [-0.15, -0.1) is 0 Å². The van der Waals surface area contributed by atoms with E-state index in [9.17, 15) is 14.4 Å². The van der Waals surface area contributed by atoms with E-state index in [4.69, 9.17) is 4.74 Å². The Hall–Kier alpha value is -1.41. The summed E-state index contributed by atoms with van der Waals surface area (Å²) in [6.07, 6.45) is 1.28. The van der Waals surface area contributed by atoms with Gasteiger partial charge in [0, 0.05) is 19.3 Å². The lowest BCUT2D eigenvalue weighted by molar-refractivity contribution is -0.122. The normalized spacial score (nSPS) is 12.2. The lowest BCUT2D eigenvalue weighted by Gasteiger charge is -2.13. The predicted molar refractivity (Wildman–Crippen MR) is 68.5 cm³/mol. The monoisotopic (exact) mass is 319 g/mol. The van der Waals surface area contributed by atoms with Crippen LogP contribution in [0.15, 0.2) is 20.3 Å². The molecule has 1 heterocycles. The number of methoxy groups -OCH3 is 1. The highest BCUT2D eigenvalue weighted by molar-refractivity contribution is 9.10. The minimum atomic E-state index is -0.627. The van der Waals surface area contributed by atoms with Crippen molar-refractivity contribution in [2.24, 2.45) is 0 Å². The van der Waals surface area contributed by atoms with Crippen molar-refractivity contribution in [3.05, 3.63) is 31.5 Å². The number of hydrogen-bond acceptors (Lipinski definition) is 4. The molecule has 0 saturated heterocycles. The van der Waals surface area contributed by atoms with Crippen LogP contribution in [0.5, 0.6) is 0 Å². The van der Waals surface area contributed by atoms with E-state index in [0.29, 0.717) is 6.61 Å². The van der Waals surface area contributed by atoms with Crippen molar-refractivity contribution in [2.75, 3.05) is 13.7 Å². The van der Waals surface area contributed by atoms with Crippen molar-refractivity contribution < 1.29 is 9.53 Å². The van der Waals surface area contributed by atoms with Gasteiger partial charge in [-0.25, -0.2) is 4.79 Å². The van der Waals surface area contributed by atoms with Gasteiger partial charge in [-0.1, -0.05) is 0 Å². The van der Waals surface area contributed by atoms with Gasteiger partial charge in [0.15, 0.2) is 0 Å². The summed E-state index contributed by atoms with van der Waals surface area (Å²) in [6, 6.07) is -0.149. The molecule has 0 bridgehead atoms. The summed E-state index contributed by atoms with van der Waals surface area (Å²) in [5.74, 6) is -0.333. The Morgan fingerprint density at radius 3 is 2.89 bits per heavy atom. The first-order chi connectivity index (χ1) is 8.43. The lowest BCUT2D eigenvalue weighted by Crippen LogP contribution is -2.40. The lowest BCUT2D eigenvalue weighted by atomic mass is 10.3. The fourth-order valence-corrected chi connectivity index (χ4v) is 1.71. The first-order valence-electron chi connectivity index (χ1n) is 5.21. The number of rotatable bonds is 5. The number of H-pyrrole nitrogens is 1. The third kappa shape index (κ3) is 4.11. The number of carbonyl (C=O) groups excluding carboxylic acids is 1. The number of ether oxygens (including phenoxy) is 1. The van der Waals surface area contributed by atoms with E-state index in [1.165, 1.54) is 13.3 Å². The summed E-state index contributed by atoms with van der Waals surface area (Å²) in [4.78, 5) is 36.2. The van der Waals surface area contributed by atoms with Crippen LogP contribution in [0.3, 0.4) is 0 Å². The van der Waals surface area contributed by atoms with Crippen molar-refractivity contribution in [3.8, 4) is 0 Å². The maximum Gasteiger partial charge on any atom is 0.328 e. The number of nitrogens with one attached hydrogen (secondary N) is 2. The maximum atomic E-state index is 11.6. The zero-order chi connectivity index (χ0) is 13.7. The highest BCUT2D eigenvalue weighted by Crippen LogP contribution is 1.97. The average Bonchev–Trinajstić information content (AvgIpc) is 2.26. The van der Waals surface area contributed by atoms with Gasteiger partial charge in [0.25, 0.3) is 5.56 Å². The quantitative estimate of drug-likeness (QED) is 0.761. The summed E-state index contributed by atoms with van der Waals surface area (Å²) in [5.41, 5.74) is -1.15. The molecule has 1 rings (SSSR count). The van der Waals surface area contributed by atoms with Crippen LogP contribution in [0.25, 0.3) is 0 Å². The largest absolute Gasteiger partial charge is 0.383 e. The van der Waals surface area contributed by atoms with Crippen molar-refractivity contribution in [2.45, 2.75) is 19.5 Å². The van der Waals surface area contributed by atoms with E-state index in [-0.39, 0.29) is 23.0 Å². The van der Waals surface area contributed by atoms with Crippen LogP contribution < -0.4 is 16.6 Å². The average molecular weight is 320 g/mol. The first kappa shape index (κ1) is 14.7. The summed E-state index contributed by atoms with van der Waals surface area (Å²) in [6.45, 7) is 2.01. The predicted octanol–water partition coefficient (Wildman–Crippen LogP) is -0.550. The Morgan fingerprint density at radius 2 is 2.28 bits per heavy atom. The molecule has 0 aliphatic carbocycles. The Labute approximate surface area is 111 Å². The molecule has 100 valence electrons. The number of amides is 1. The Morgan fingerprint density at radius 1 is 1.61 bits per heavy atom. The van der Waals surface area contributed by atoms with Crippen molar-refractivity contribution in [1.82, 2.24) is 14.9 Å². The van der Waals surface area contributed by atoms with Crippen LogP contribution in [-0.2, 0) is 16.1 Å².